The Kier molecular flexibility index (Phi) is 8.49. The summed E-state index contributed by atoms with van der Waals surface area (Å²) in [6.45, 7) is 3.99. The molecule has 2 aromatic rings. The highest BCUT2D eigenvalue weighted by atomic mass is 35.5. The molecule has 1 aliphatic rings. The Labute approximate surface area is 191 Å². The van der Waals surface area contributed by atoms with Crippen LogP contribution >= 0.6 is 23.4 Å². The third kappa shape index (κ3) is 6.55. The number of hydrogen-bond acceptors (Lipinski definition) is 6. The zero-order valence-electron chi connectivity index (χ0n) is 17.5. The van der Waals surface area contributed by atoms with E-state index >= 15 is 0 Å². The Bertz CT molecular complexity index is 935. The Hall–Kier alpha value is -2.38. The quantitative estimate of drug-likeness (QED) is 0.184. The average Bonchev–Trinajstić information content (AvgIpc) is 3.06. The molecular weight excluding hydrogens is 437 g/mol. The van der Waals surface area contributed by atoms with E-state index in [1.54, 1.807) is 30.5 Å². The molecule has 2 aromatic carbocycles. The number of hydrazone groups is 1. The van der Waals surface area contributed by atoms with Crippen molar-refractivity contribution >= 4 is 46.9 Å². The highest BCUT2D eigenvalue weighted by molar-refractivity contribution is 8.00. The van der Waals surface area contributed by atoms with Crippen molar-refractivity contribution in [2.45, 2.75) is 49.8 Å². The van der Waals surface area contributed by atoms with Crippen molar-refractivity contribution in [2.75, 3.05) is 5.01 Å². The van der Waals surface area contributed by atoms with Gasteiger partial charge in [-0.1, -0.05) is 48.3 Å². The van der Waals surface area contributed by atoms with Crippen LogP contribution in [0.5, 0.6) is 0 Å². The lowest BCUT2D eigenvalue weighted by Crippen LogP contribution is -2.31. The van der Waals surface area contributed by atoms with Gasteiger partial charge in [0.15, 0.2) is 0 Å². The topological polar surface area (TPSA) is 54.3 Å². The van der Waals surface area contributed by atoms with Crippen LogP contribution in [0.3, 0.4) is 0 Å². The van der Waals surface area contributed by atoms with Crippen LogP contribution in [0.2, 0.25) is 5.02 Å². The molecule has 1 aliphatic heterocycles. The Morgan fingerprint density at radius 3 is 2.61 bits per heavy atom. The van der Waals surface area contributed by atoms with Crippen molar-refractivity contribution in [3.8, 4) is 0 Å². The van der Waals surface area contributed by atoms with E-state index in [4.69, 9.17) is 21.5 Å². The van der Waals surface area contributed by atoms with Crippen LogP contribution in [0.25, 0.3) is 0 Å². The predicted molar refractivity (Wildman–Crippen MR) is 125 cm³/mol. The first-order valence-corrected chi connectivity index (χ1v) is 11.5. The van der Waals surface area contributed by atoms with Crippen LogP contribution < -0.4 is 5.01 Å². The number of thioether (sulfide) groups is 1. The summed E-state index contributed by atoms with van der Waals surface area (Å²) in [5.41, 5.74) is 1.70. The van der Waals surface area contributed by atoms with E-state index in [1.165, 1.54) is 23.9 Å². The summed E-state index contributed by atoms with van der Waals surface area (Å²) in [6, 6.07) is 13.7. The van der Waals surface area contributed by atoms with Gasteiger partial charge in [-0.25, -0.2) is 9.18 Å². The number of carbonyl (C=O) groups excluding carboxylic acids is 1. The van der Waals surface area contributed by atoms with Crippen LogP contribution in [0.15, 0.2) is 63.7 Å². The molecule has 5 nitrogen and oxygen atoms in total. The molecule has 1 heterocycles. The second-order valence-corrected chi connectivity index (χ2v) is 8.85. The molecule has 0 fully saturated rings. The molecule has 0 bridgehead atoms. The van der Waals surface area contributed by atoms with Gasteiger partial charge in [-0.15, -0.1) is 0 Å². The van der Waals surface area contributed by atoms with Crippen molar-refractivity contribution in [1.82, 2.24) is 0 Å². The molecule has 0 aromatic heterocycles. The highest BCUT2D eigenvalue weighted by Crippen LogP contribution is 2.38. The normalized spacial score (nSPS) is 18.5. The molecule has 0 radical (unpaired) electrons. The summed E-state index contributed by atoms with van der Waals surface area (Å²) in [5, 5.41) is 11.0. The minimum absolute atomic E-state index is 0.186. The standard InChI is InChI=1S/C23H25ClFN3O2S/c1-3-4-5-6-22(29)30-26-15-21-16(2)27-28(19-11-7-17(24)8-12-19)23(21)31-20-13-9-18(25)10-14-20/h7-15,21,23H,3-6H2,1-2H3/b26-15+. The molecule has 2 atom stereocenters. The number of halogens is 2. The molecule has 0 N–H and O–H groups in total. The van der Waals surface area contributed by atoms with E-state index in [9.17, 15) is 9.18 Å². The first-order valence-electron chi connectivity index (χ1n) is 10.2. The van der Waals surface area contributed by atoms with Gasteiger partial charge < -0.3 is 4.84 Å². The van der Waals surface area contributed by atoms with Crippen LogP contribution in [-0.2, 0) is 9.63 Å². The maximum absolute atomic E-state index is 13.3. The van der Waals surface area contributed by atoms with Gasteiger partial charge in [0.2, 0.25) is 0 Å². The van der Waals surface area contributed by atoms with Gasteiger partial charge >= 0.3 is 5.97 Å². The third-order valence-electron chi connectivity index (χ3n) is 4.82. The molecule has 0 aliphatic carbocycles. The number of nitrogens with zero attached hydrogens (tertiary/aromatic N) is 3. The number of benzene rings is 2. The van der Waals surface area contributed by atoms with Gasteiger partial charge in [-0.2, -0.15) is 5.10 Å². The molecule has 3 rings (SSSR count). The Morgan fingerprint density at radius 1 is 1.23 bits per heavy atom. The fourth-order valence-corrected chi connectivity index (χ4v) is 4.51. The van der Waals surface area contributed by atoms with Gasteiger partial charge in [0.25, 0.3) is 0 Å². The minimum Gasteiger partial charge on any atom is -0.319 e. The number of unbranched alkanes of at least 4 members (excludes halogenated alkanes) is 2. The molecule has 31 heavy (non-hydrogen) atoms. The molecule has 0 spiro atoms. The first kappa shape index (κ1) is 23.3. The summed E-state index contributed by atoms with van der Waals surface area (Å²) in [6.07, 6.45) is 4.79. The maximum atomic E-state index is 13.3. The summed E-state index contributed by atoms with van der Waals surface area (Å²) >= 11 is 7.57. The van der Waals surface area contributed by atoms with E-state index < -0.39 is 0 Å². The van der Waals surface area contributed by atoms with E-state index in [0.717, 1.165) is 35.6 Å². The molecule has 0 saturated carbocycles. The lowest BCUT2D eigenvalue weighted by molar-refractivity contribution is -0.143. The second-order valence-electron chi connectivity index (χ2n) is 7.23. The van der Waals surface area contributed by atoms with E-state index in [0.29, 0.717) is 11.4 Å². The third-order valence-corrected chi connectivity index (χ3v) is 6.35. The van der Waals surface area contributed by atoms with Crippen LogP contribution in [0.1, 0.15) is 39.5 Å². The number of hydrogen-bond donors (Lipinski definition) is 0. The van der Waals surface area contributed by atoms with Crippen LogP contribution in [0, 0.1) is 11.7 Å². The van der Waals surface area contributed by atoms with Gasteiger partial charge in [0.1, 0.15) is 11.2 Å². The lowest BCUT2D eigenvalue weighted by Gasteiger charge is -2.26. The van der Waals surface area contributed by atoms with Crippen molar-refractivity contribution in [3.05, 3.63) is 59.4 Å². The number of anilines is 1. The highest BCUT2D eigenvalue weighted by Gasteiger charge is 2.36. The van der Waals surface area contributed by atoms with Crippen LogP contribution in [-0.4, -0.2) is 23.3 Å². The molecule has 0 saturated heterocycles. The molecule has 2 unspecified atom stereocenters. The fourth-order valence-electron chi connectivity index (χ4n) is 3.13. The van der Waals surface area contributed by atoms with Gasteiger partial charge in [-0.3, -0.25) is 5.01 Å². The maximum Gasteiger partial charge on any atom is 0.334 e. The summed E-state index contributed by atoms with van der Waals surface area (Å²) < 4.78 is 13.3. The number of oxime groups is 1. The van der Waals surface area contributed by atoms with Crippen molar-refractivity contribution in [2.24, 2.45) is 16.2 Å². The number of carbonyl (C=O) groups is 1. The van der Waals surface area contributed by atoms with E-state index in [-0.39, 0.29) is 23.1 Å². The zero-order chi connectivity index (χ0) is 22.2. The Balaban J connectivity index is 1.77. The minimum atomic E-state index is -0.338. The Morgan fingerprint density at radius 2 is 1.94 bits per heavy atom. The van der Waals surface area contributed by atoms with E-state index in [1.807, 2.05) is 24.1 Å². The lowest BCUT2D eigenvalue weighted by atomic mass is 10.1. The average molecular weight is 462 g/mol. The monoisotopic (exact) mass is 461 g/mol. The van der Waals surface area contributed by atoms with Crippen molar-refractivity contribution < 1.29 is 14.0 Å². The van der Waals surface area contributed by atoms with E-state index in [2.05, 4.69) is 12.1 Å². The molecule has 8 heteroatoms. The smallest absolute Gasteiger partial charge is 0.319 e. The van der Waals surface area contributed by atoms with Crippen LogP contribution in [0.4, 0.5) is 10.1 Å². The number of rotatable bonds is 9. The first-order chi connectivity index (χ1) is 15.0. The second kappa shape index (κ2) is 11.3. The van der Waals surface area contributed by atoms with Gasteiger partial charge in [0.05, 0.1) is 17.8 Å². The fraction of sp³-hybridized carbons (Fsp3) is 0.348. The van der Waals surface area contributed by atoms with Crippen molar-refractivity contribution in [3.63, 3.8) is 0 Å². The summed E-state index contributed by atoms with van der Waals surface area (Å²) in [5.74, 6) is -0.824. The molecule has 0 amide bonds. The predicted octanol–water partition coefficient (Wildman–Crippen LogP) is 6.52. The van der Waals surface area contributed by atoms with Gasteiger partial charge in [-0.05, 0) is 61.9 Å². The van der Waals surface area contributed by atoms with Crippen molar-refractivity contribution in [1.29, 1.82) is 0 Å². The molecular formula is C23H25ClFN3O2S. The van der Waals surface area contributed by atoms with Gasteiger partial charge in [0, 0.05) is 22.1 Å². The largest absolute Gasteiger partial charge is 0.334 e. The summed E-state index contributed by atoms with van der Waals surface area (Å²) in [4.78, 5) is 17.8. The molecule has 164 valence electrons. The SMILES string of the molecule is CCCCCC(=O)O/N=C/C1C(C)=NN(c2ccc(Cl)cc2)C1Sc1ccc(F)cc1. The zero-order valence-corrected chi connectivity index (χ0v) is 19.1. The summed E-state index contributed by atoms with van der Waals surface area (Å²) in [7, 11) is 0.